The molecule has 1 atom stereocenters. The Bertz CT molecular complexity index is 427. The first-order chi connectivity index (χ1) is 9.65. The van der Waals surface area contributed by atoms with Gasteiger partial charge in [-0.05, 0) is 24.0 Å². The lowest BCUT2D eigenvalue weighted by Gasteiger charge is -2.26. The summed E-state index contributed by atoms with van der Waals surface area (Å²) in [5.74, 6) is -0.957. The van der Waals surface area contributed by atoms with Gasteiger partial charge in [0, 0.05) is 19.6 Å². The summed E-state index contributed by atoms with van der Waals surface area (Å²) < 4.78 is 5.32. The Kier molecular flexibility index (Phi) is 5.52. The van der Waals surface area contributed by atoms with Gasteiger partial charge in [0.2, 0.25) is 0 Å². The molecule has 110 valence electrons. The third-order valence-corrected chi connectivity index (χ3v) is 3.62. The fourth-order valence-electron chi connectivity index (χ4n) is 2.30. The van der Waals surface area contributed by atoms with Gasteiger partial charge in [-0.2, -0.15) is 0 Å². The van der Waals surface area contributed by atoms with Gasteiger partial charge in [-0.25, -0.2) is 0 Å². The molecule has 20 heavy (non-hydrogen) atoms. The monoisotopic (exact) mass is 278 g/mol. The van der Waals surface area contributed by atoms with E-state index >= 15 is 0 Å². The van der Waals surface area contributed by atoms with Crippen molar-refractivity contribution in [1.82, 2.24) is 4.90 Å². The van der Waals surface area contributed by atoms with Gasteiger partial charge < -0.3 is 15.6 Å². The molecule has 1 heterocycles. The Balaban J connectivity index is 1.80. The van der Waals surface area contributed by atoms with Gasteiger partial charge in [0.1, 0.15) is 6.04 Å². The highest BCUT2D eigenvalue weighted by Crippen LogP contribution is 2.08. The van der Waals surface area contributed by atoms with Crippen LogP contribution < -0.4 is 5.73 Å². The van der Waals surface area contributed by atoms with Crippen molar-refractivity contribution >= 4 is 5.97 Å². The third kappa shape index (κ3) is 4.59. The zero-order valence-corrected chi connectivity index (χ0v) is 11.6. The molecule has 1 unspecified atom stereocenters. The molecule has 0 saturated carbocycles. The quantitative estimate of drug-likeness (QED) is 0.793. The van der Waals surface area contributed by atoms with Crippen molar-refractivity contribution in [2.75, 3.05) is 32.8 Å². The maximum absolute atomic E-state index is 10.7. The van der Waals surface area contributed by atoms with Crippen LogP contribution in [0.25, 0.3) is 0 Å². The minimum atomic E-state index is -0.957. The largest absolute Gasteiger partial charge is 0.480 e. The van der Waals surface area contributed by atoms with Crippen molar-refractivity contribution in [3.8, 4) is 0 Å². The molecule has 0 aromatic heterocycles. The zero-order valence-electron chi connectivity index (χ0n) is 11.6. The van der Waals surface area contributed by atoms with Gasteiger partial charge >= 0.3 is 5.97 Å². The van der Waals surface area contributed by atoms with Gasteiger partial charge in [0.15, 0.2) is 0 Å². The zero-order chi connectivity index (χ0) is 14.4. The molecule has 0 aliphatic carbocycles. The summed E-state index contributed by atoms with van der Waals surface area (Å²) in [5, 5.41) is 8.79. The first-order valence-corrected chi connectivity index (χ1v) is 7.01. The fourth-order valence-corrected chi connectivity index (χ4v) is 2.30. The predicted molar refractivity (Wildman–Crippen MR) is 76.7 cm³/mol. The smallest absolute Gasteiger partial charge is 0.320 e. The van der Waals surface area contributed by atoms with E-state index in [4.69, 9.17) is 15.6 Å². The van der Waals surface area contributed by atoms with Crippen molar-refractivity contribution in [1.29, 1.82) is 0 Å². The summed E-state index contributed by atoms with van der Waals surface area (Å²) in [6, 6.07) is 7.23. The Hall–Kier alpha value is -1.43. The summed E-state index contributed by atoms with van der Waals surface area (Å²) in [5.41, 5.74) is 7.76. The minimum Gasteiger partial charge on any atom is -0.480 e. The van der Waals surface area contributed by atoms with Crippen LogP contribution in [0.5, 0.6) is 0 Å². The number of ether oxygens (including phenoxy) is 1. The maximum atomic E-state index is 10.7. The number of carbonyl (C=O) groups is 1. The summed E-state index contributed by atoms with van der Waals surface area (Å²) >= 11 is 0. The highest BCUT2D eigenvalue weighted by molar-refractivity contribution is 5.73. The Morgan fingerprint density at radius 3 is 2.45 bits per heavy atom. The SMILES string of the molecule is NC(Cc1ccc(CCN2CCOCC2)cc1)C(=O)O. The van der Waals surface area contributed by atoms with Crippen LogP contribution in [0.15, 0.2) is 24.3 Å². The van der Waals surface area contributed by atoms with Gasteiger partial charge in [0.25, 0.3) is 0 Å². The maximum Gasteiger partial charge on any atom is 0.320 e. The molecule has 1 aliphatic heterocycles. The number of benzene rings is 1. The fraction of sp³-hybridized carbons (Fsp3) is 0.533. The second-order valence-electron chi connectivity index (χ2n) is 5.17. The standard InChI is InChI=1S/C15H22N2O3/c16-14(15(18)19)11-13-3-1-12(2-4-13)5-6-17-7-9-20-10-8-17/h1-4,14H,5-11,16H2,(H,18,19). The average Bonchev–Trinajstić information content (AvgIpc) is 2.47. The van der Waals surface area contributed by atoms with Crippen LogP contribution in [0.1, 0.15) is 11.1 Å². The van der Waals surface area contributed by atoms with Crippen LogP contribution in [-0.2, 0) is 22.4 Å². The number of nitrogens with two attached hydrogens (primary N) is 1. The van der Waals surface area contributed by atoms with Crippen molar-refractivity contribution < 1.29 is 14.6 Å². The van der Waals surface area contributed by atoms with E-state index in [2.05, 4.69) is 17.0 Å². The highest BCUT2D eigenvalue weighted by Gasteiger charge is 2.12. The van der Waals surface area contributed by atoms with Gasteiger partial charge in [0.05, 0.1) is 13.2 Å². The molecule has 1 aromatic rings. The Morgan fingerprint density at radius 2 is 1.85 bits per heavy atom. The van der Waals surface area contributed by atoms with E-state index in [1.54, 1.807) is 0 Å². The number of rotatable bonds is 6. The normalized spacial score (nSPS) is 17.9. The molecule has 3 N–H and O–H groups in total. The molecule has 1 aromatic carbocycles. The molecule has 0 radical (unpaired) electrons. The number of morpholine rings is 1. The van der Waals surface area contributed by atoms with Crippen LogP contribution in [0.2, 0.25) is 0 Å². The Morgan fingerprint density at radius 1 is 1.25 bits per heavy atom. The van der Waals surface area contributed by atoms with E-state index in [-0.39, 0.29) is 0 Å². The molecule has 1 saturated heterocycles. The summed E-state index contributed by atoms with van der Waals surface area (Å²) in [4.78, 5) is 13.1. The number of nitrogens with zero attached hydrogens (tertiary/aromatic N) is 1. The van der Waals surface area contributed by atoms with Crippen molar-refractivity contribution in [2.45, 2.75) is 18.9 Å². The van der Waals surface area contributed by atoms with Crippen molar-refractivity contribution in [3.05, 3.63) is 35.4 Å². The van der Waals surface area contributed by atoms with Gasteiger partial charge in [-0.1, -0.05) is 24.3 Å². The lowest BCUT2D eigenvalue weighted by atomic mass is 10.0. The van der Waals surface area contributed by atoms with E-state index in [1.807, 2.05) is 12.1 Å². The molecule has 2 rings (SSSR count). The van der Waals surface area contributed by atoms with Crippen LogP contribution in [0.3, 0.4) is 0 Å². The first kappa shape index (κ1) is 15.0. The number of carboxylic acid groups (broad SMARTS) is 1. The van der Waals surface area contributed by atoms with Crippen molar-refractivity contribution in [2.24, 2.45) is 5.73 Å². The van der Waals surface area contributed by atoms with Crippen molar-refractivity contribution in [3.63, 3.8) is 0 Å². The van der Waals surface area contributed by atoms with Crippen LogP contribution in [0, 0.1) is 0 Å². The molecule has 1 aliphatic rings. The van der Waals surface area contributed by atoms with Gasteiger partial charge in [-0.15, -0.1) is 0 Å². The molecule has 5 nitrogen and oxygen atoms in total. The predicted octanol–water partition coefficient (Wildman–Crippen LogP) is 0.516. The second-order valence-corrected chi connectivity index (χ2v) is 5.17. The molecule has 1 fully saturated rings. The molecule has 0 bridgehead atoms. The molecular weight excluding hydrogens is 256 g/mol. The number of carboxylic acids is 1. The van der Waals surface area contributed by atoms with E-state index in [0.717, 1.165) is 44.8 Å². The second kappa shape index (κ2) is 7.38. The van der Waals surface area contributed by atoms with E-state index in [1.165, 1.54) is 5.56 Å². The molecule has 0 amide bonds. The first-order valence-electron chi connectivity index (χ1n) is 7.01. The lowest BCUT2D eigenvalue weighted by molar-refractivity contribution is -0.138. The third-order valence-electron chi connectivity index (χ3n) is 3.62. The molecule has 5 heteroatoms. The number of hydrogen-bond donors (Lipinski definition) is 2. The van der Waals surface area contributed by atoms with E-state index < -0.39 is 12.0 Å². The van der Waals surface area contributed by atoms with Crippen LogP contribution in [-0.4, -0.2) is 54.9 Å². The van der Waals surface area contributed by atoms with Crippen LogP contribution >= 0.6 is 0 Å². The topological polar surface area (TPSA) is 75.8 Å². The van der Waals surface area contributed by atoms with Crippen LogP contribution in [0.4, 0.5) is 0 Å². The summed E-state index contributed by atoms with van der Waals surface area (Å²) in [6.07, 6.45) is 1.38. The van der Waals surface area contributed by atoms with E-state index in [9.17, 15) is 4.79 Å². The number of aliphatic carboxylic acids is 1. The average molecular weight is 278 g/mol. The molecular formula is C15H22N2O3. The highest BCUT2D eigenvalue weighted by atomic mass is 16.5. The minimum absolute atomic E-state index is 0.374. The summed E-state index contributed by atoms with van der Waals surface area (Å²) in [7, 11) is 0. The van der Waals surface area contributed by atoms with Gasteiger partial charge in [-0.3, -0.25) is 9.69 Å². The number of hydrogen-bond acceptors (Lipinski definition) is 4. The lowest BCUT2D eigenvalue weighted by Crippen LogP contribution is -2.37. The Labute approximate surface area is 119 Å². The van der Waals surface area contributed by atoms with E-state index in [0.29, 0.717) is 6.42 Å². The summed E-state index contributed by atoms with van der Waals surface area (Å²) in [6.45, 7) is 4.70. The molecule has 0 spiro atoms.